The first-order chi connectivity index (χ1) is 18.4. The van der Waals surface area contributed by atoms with Gasteiger partial charge in [0.15, 0.2) is 0 Å². The molecule has 2 fully saturated rings. The summed E-state index contributed by atoms with van der Waals surface area (Å²) in [6.07, 6.45) is 4.10. The second-order valence-corrected chi connectivity index (χ2v) is 11.0. The van der Waals surface area contributed by atoms with E-state index in [0.717, 1.165) is 42.6 Å². The Morgan fingerprint density at radius 3 is 2.68 bits per heavy atom. The number of Topliss-reactive ketones (excluding diaryl/α,β-unsaturated/α-hetero) is 1. The number of aliphatic hydroxyl groups is 1. The molecule has 0 bridgehead atoms. The van der Waals surface area contributed by atoms with Crippen molar-refractivity contribution in [3.63, 3.8) is 0 Å². The van der Waals surface area contributed by atoms with E-state index in [1.165, 1.54) is 12.0 Å². The number of rotatable bonds is 11. The fraction of sp³-hybridized carbons (Fsp3) is 0.533. The Morgan fingerprint density at radius 1 is 1.18 bits per heavy atom. The third-order valence-corrected chi connectivity index (χ3v) is 8.14. The van der Waals surface area contributed by atoms with Crippen molar-refractivity contribution < 1.29 is 19.4 Å². The Kier molecular flexibility index (Phi) is 8.43. The maximum atomic E-state index is 12.9. The number of carbonyl (C=O) groups excluding carboxylic acids is 2. The van der Waals surface area contributed by atoms with Gasteiger partial charge >= 0.3 is 0 Å². The molecule has 0 unspecified atom stereocenters. The zero-order valence-electron chi connectivity index (χ0n) is 22.2. The Labute approximate surface area is 225 Å². The van der Waals surface area contributed by atoms with Gasteiger partial charge in [0.1, 0.15) is 23.3 Å². The number of benzene rings is 2. The van der Waals surface area contributed by atoms with Crippen LogP contribution in [0.3, 0.4) is 0 Å². The number of nitrogens with one attached hydrogen (secondary N) is 3. The molecule has 5 rings (SSSR count). The quantitative estimate of drug-likeness (QED) is 0.338. The lowest BCUT2D eigenvalue weighted by Gasteiger charge is -2.48. The summed E-state index contributed by atoms with van der Waals surface area (Å²) in [6.45, 7) is 4.02. The van der Waals surface area contributed by atoms with Gasteiger partial charge in [-0.25, -0.2) is 0 Å². The van der Waals surface area contributed by atoms with Crippen LogP contribution in [0.4, 0.5) is 0 Å². The lowest BCUT2D eigenvalue weighted by atomic mass is 9.72. The number of fused-ring (bicyclic) bond motifs is 1. The highest BCUT2D eigenvalue weighted by Gasteiger charge is 2.45. The summed E-state index contributed by atoms with van der Waals surface area (Å²) in [4.78, 5) is 26.3. The number of aryl methyl sites for hydroxylation is 1. The van der Waals surface area contributed by atoms with Crippen LogP contribution in [0.1, 0.15) is 61.8 Å². The van der Waals surface area contributed by atoms with Crippen LogP contribution in [0.15, 0.2) is 48.5 Å². The van der Waals surface area contributed by atoms with Gasteiger partial charge in [0.2, 0.25) is 5.91 Å². The van der Waals surface area contributed by atoms with E-state index in [4.69, 9.17) is 4.74 Å². The highest BCUT2D eigenvalue weighted by Crippen LogP contribution is 2.49. The fourth-order valence-electron chi connectivity index (χ4n) is 5.73. The molecule has 1 amide bonds. The van der Waals surface area contributed by atoms with Gasteiger partial charge in [-0.1, -0.05) is 49.4 Å². The lowest BCUT2D eigenvalue weighted by molar-refractivity contribution is -0.124. The maximum Gasteiger partial charge on any atom is 0.235 e. The van der Waals surface area contributed by atoms with E-state index in [-0.39, 0.29) is 29.9 Å². The lowest BCUT2D eigenvalue weighted by Crippen LogP contribution is -2.57. The molecule has 0 aromatic heterocycles. The fourth-order valence-corrected chi connectivity index (χ4v) is 5.73. The van der Waals surface area contributed by atoms with E-state index in [0.29, 0.717) is 32.6 Å². The summed E-state index contributed by atoms with van der Waals surface area (Å²) in [7, 11) is 0. The standard InChI is InChI=1S/C30H40N4O4/c1-2-21-9-10-27-24(15-21)25(16-30(38-27)12-6-13-30)31-18-26(36)29(32-17-22-7-4-3-5-8-22)33-28(37)20-34-14-11-23(35)19-34/h3-5,7-10,15,25-26,29,31-32,36H,2,6,11-14,16-20H2,1H3,(H,33,37)/t25-,26-,29+/m1/s1. The number of hydrogen-bond acceptors (Lipinski definition) is 7. The zero-order valence-corrected chi connectivity index (χ0v) is 22.2. The molecule has 1 saturated carbocycles. The molecule has 2 aliphatic heterocycles. The zero-order chi connectivity index (χ0) is 26.5. The smallest absolute Gasteiger partial charge is 0.235 e. The molecule has 2 heterocycles. The highest BCUT2D eigenvalue weighted by molar-refractivity contribution is 5.84. The number of carbonyl (C=O) groups is 2. The molecule has 3 aliphatic rings. The second kappa shape index (κ2) is 11.9. The van der Waals surface area contributed by atoms with E-state index < -0.39 is 12.3 Å². The van der Waals surface area contributed by atoms with Crippen LogP contribution in [0.5, 0.6) is 5.75 Å². The van der Waals surface area contributed by atoms with Gasteiger partial charge in [0, 0.05) is 44.1 Å². The normalized spacial score (nSPS) is 21.8. The van der Waals surface area contributed by atoms with Gasteiger partial charge in [-0.15, -0.1) is 0 Å². The summed E-state index contributed by atoms with van der Waals surface area (Å²) in [5, 5.41) is 21.2. The molecule has 0 radical (unpaired) electrons. The van der Waals surface area contributed by atoms with Crippen molar-refractivity contribution in [2.75, 3.05) is 26.2 Å². The van der Waals surface area contributed by atoms with Crippen LogP contribution >= 0.6 is 0 Å². The molecular formula is C30H40N4O4. The maximum absolute atomic E-state index is 12.9. The molecule has 2 aromatic carbocycles. The van der Waals surface area contributed by atoms with Crippen molar-refractivity contribution in [2.45, 2.75) is 75.9 Å². The highest BCUT2D eigenvalue weighted by atomic mass is 16.5. The topological polar surface area (TPSA) is 103 Å². The molecule has 3 atom stereocenters. The van der Waals surface area contributed by atoms with Crippen LogP contribution in [0.25, 0.3) is 0 Å². The number of ketones is 1. The van der Waals surface area contributed by atoms with Crippen LogP contribution in [0, 0.1) is 0 Å². The molecular weight excluding hydrogens is 480 g/mol. The molecule has 1 spiro atoms. The summed E-state index contributed by atoms with van der Waals surface area (Å²) in [5.74, 6) is 0.891. The van der Waals surface area contributed by atoms with Crippen molar-refractivity contribution in [3.8, 4) is 5.75 Å². The first kappa shape index (κ1) is 26.8. The number of ether oxygens (including phenoxy) is 1. The van der Waals surface area contributed by atoms with Gasteiger partial charge < -0.3 is 20.5 Å². The van der Waals surface area contributed by atoms with Gasteiger partial charge in [0.05, 0.1) is 19.2 Å². The molecule has 38 heavy (non-hydrogen) atoms. The third-order valence-electron chi connectivity index (χ3n) is 8.14. The monoisotopic (exact) mass is 520 g/mol. The predicted octanol–water partition coefficient (Wildman–Crippen LogP) is 2.45. The minimum absolute atomic E-state index is 0.0706. The van der Waals surface area contributed by atoms with Crippen LogP contribution in [0.2, 0.25) is 0 Å². The predicted molar refractivity (Wildman–Crippen MR) is 146 cm³/mol. The average Bonchev–Trinajstić information content (AvgIpc) is 3.32. The summed E-state index contributed by atoms with van der Waals surface area (Å²) < 4.78 is 6.45. The van der Waals surface area contributed by atoms with E-state index >= 15 is 0 Å². The molecule has 8 heteroatoms. The average molecular weight is 521 g/mol. The van der Waals surface area contributed by atoms with Crippen molar-refractivity contribution in [3.05, 3.63) is 65.2 Å². The molecule has 4 N–H and O–H groups in total. The van der Waals surface area contributed by atoms with Crippen molar-refractivity contribution in [1.82, 2.24) is 20.9 Å². The number of hydrogen-bond donors (Lipinski definition) is 4. The minimum Gasteiger partial charge on any atom is -0.487 e. The molecule has 1 aliphatic carbocycles. The Hall–Kier alpha value is -2.78. The van der Waals surface area contributed by atoms with Gasteiger partial charge in [-0.3, -0.25) is 19.8 Å². The first-order valence-electron chi connectivity index (χ1n) is 14.0. The molecule has 1 saturated heterocycles. The SMILES string of the molecule is CCc1ccc2c(c1)[C@H](NC[C@@H](O)[C@@H](NCc1ccccc1)NC(=O)CN1CCC(=O)C1)CC1(CCC1)O2. The van der Waals surface area contributed by atoms with Crippen molar-refractivity contribution in [2.24, 2.45) is 0 Å². The first-order valence-corrected chi connectivity index (χ1v) is 14.0. The van der Waals surface area contributed by atoms with Gasteiger partial charge in [-0.05, 0) is 42.9 Å². The number of amides is 1. The number of aliphatic hydroxyl groups excluding tert-OH is 1. The van der Waals surface area contributed by atoms with Gasteiger partial charge in [0.25, 0.3) is 0 Å². The summed E-state index contributed by atoms with van der Waals surface area (Å²) >= 11 is 0. The Balaban J connectivity index is 1.25. The van der Waals surface area contributed by atoms with Crippen molar-refractivity contribution >= 4 is 11.7 Å². The number of nitrogens with zero attached hydrogens (tertiary/aromatic N) is 1. The van der Waals surface area contributed by atoms with E-state index in [1.807, 2.05) is 35.2 Å². The van der Waals surface area contributed by atoms with Crippen LogP contribution in [-0.4, -0.2) is 65.7 Å². The van der Waals surface area contributed by atoms with Crippen LogP contribution in [-0.2, 0) is 22.6 Å². The Morgan fingerprint density at radius 2 is 2.00 bits per heavy atom. The Bertz CT molecular complexity index is 1120. The number of likely N-dealkylation sites (tertiary alicyclic amines) is 1. The minimum atomic E-state index is -0.860. The molecule has 8 nitrogen and oxygen atoms in total. The molecule has 2 aromatic rings. The van der Waals surface area contributed by atoms with Crippen molar-refractivity contribution in [1.29, 1.82) is 0 Å². The van der Waals surface area contributed by atoms with E-state index in [2.05, 4.69) is 41.1 Å². The third kappa shape index (κ3) is 6.43. The summed E-state index contributed by atoms with van der Waals surface area (Å²) in [5.41, 5.74) is 3.36. The largest absolute Gasteiger partial charge is 0.487 e. The van der Waals surface area contributed by atoms with E-state index in [1.54, 1.807) is 0 Å². The van der Waals surface area contributed by atoms with E-state index in [9.17, 15) is 14.7 Å². The van der Waals surface area contributed by atoms with Gasteiger partial charge in [-0.2, -0.15) is 0 Å². The summed E-state index contributed by atoms with van der Waals surface area (Å²) in [6, 6.07) is 16.4. The molecule has 204 valence electrons. The van der Waals surface area contributed by atoms with Crippen LogP contribution < -0.4 is 20.7 Å². The second-order valence-electron chi connectivity index (χ2n) is 11.0.